The molecule has 15 heavy (non-hydrogen) atoms. The fraction of sp³-hybridized carbons (Fsp3) is 0.462. The second-order valence-electron chi connectivity index (χ2n) is 4.70. The standard InChI is InChI=1S/C13H16N2/c1-13(2,9-14)15-12-7-6-10-4-3-5-11(10)8-12/h6-8,15H,3-5H2,1-2H3. The maximum atomic E-state index is 8.94. The number of rotatable bonds is 2. The van der Waals surface area contributed by atoms with Crippen LogP contribution in [0.4, 0.5) is 5.69 Å². The van der Waals surface area contributed by atoms with Crippen molar-refractivity contribution in [2.24, 2.45) is 0 Å². The quantitative estimate of drug-likeness (QED) is 0.796. The summed E-state index contributed by atoms with van der Waals surface area (Å²) in [6.45, 7) is 3.78. The number of fused-ring (bicyclic) bond motifs is 1. The van der Waals surface area contributed by atoms with E-state index in [0.717, 1.165) is 5.69 Å². The zero-order valence-electron chi connectivity index (χ0n) is 9.30. The van der Waals surface area contributed by atoms with Crippen LogP contribution in [-0.4, -0.2) is 5.54 Å². The Morgan fingerprint density at radius 2 is 2.00 bits per heavy atom. The van der Waals surface area contributed by atoms with E-state index in [1.807, 2.05) is 13.8 Å². The Morgan fingerprint density at radius 1 is 1.27 bits per heavy atom. The van der Waals surface area contributed by atoms with Gasteiger partial charge in [-0.15, -0.1) is 0 Å². The maximum Gasteiger partial charge on any atom is 0.119 e. The lowest BCUT2D eigenvalue weighted by Gasteiger charge is -2.19. The number of aryl methyl sites for hydroxylation is 2. The molecule has 0 fully saturated rings. The molecule has 1 aliphatic rings. The van der Waals surface area contributed by atoms with Crippen LogP contribution in [0.5, 0.6) is 0 Å². The fourth-order valence-corrected chi connectivity index (χ4v) is 2.04. The molecule has 0 heterocycles. The van der Waals surface area contributed by atoms with Gasteiger partial charge >= 0.3 is 0 Å². The summed E-state index contributed by atoms with van der Waals surface area (Å²) in [7, 11) is 0. The molecule has 1 N–H and O–H groups in total. The average molecular weight is 200 g/mol. The van der Waals surface area contributed by atoms with E-state index in [1.165, 1.54) is 30.4 Å². The van der Waals surface area contributed by atoms with Crippen LogP contribution in [0.3, 0.4) is 0 Å². The van der Waals surface area contributed by atoms with Gasteiger partial charge in [0.1, 0.15) is 5.54 Å². The van der Waals surface area contributed by atoms with Crippen molar-refractivity contribution < 1.29 is 0 Å². The van der Waals surface area contributed by atoms with Crippen molar-refractivity contribution in [3.63, 3.8) is 0 Å². The third-order valence-electron chi connectivity index (χ3n) is 2.83. The molecule has 0 aromatic heterocycles. The van der Waals surface area contributed by atoms with Crippen molar-refractivity contribution in [1.82, 2.24) is 0 Å². The lowest BCUT2D eigenvalue weighted by molar-refractivity contribution is 0.728. The first kappa shape index (κ1) is 10.0. The van der Waals surface area contributed by atoms with Crippen LogP contribution in [0.15, 0.2) is 18.2 Å². The van der Waals surface area contributed by atoms with Gasteiger partial charge in [0.25, 0.3) is 0 Å². The van der Waals surface area contributed by atoms with E-state index < -0.39 is 5.54 Å². The van der Waals surface area contributed by atoms with Crippen LogP contribution in [-0.2, 0) is 12.8 Å². The predicted octanol–water partition coefficient (Wildman–Crippen LogP) is 2.89. The van der Waals surface area contributed by atoms with E-state index in [-0.39, 0.29) is 0 Å². The number of benzene rings is 1. The molecule has 0 unspecified atom stereocenters. The van der Waals surface area contributed by atoms with Crippen molar-refractivity contribution in [3.8, 4) is 6.07 Å². The Bertz CT molecular complexity index is 413. The second kappa shape index (κ2) is 3.58. The molecule has 2 nitrogen and oxygen atoms in total. The molecular formula is C13H16N2. The smallest absolute Gasteiger partial charge is 0.119 e. The van der Waals surface area contributed by atoms with Gasteiger partial charge in [0, 0.05) is 5.69 Å². The molecule has 0 amide bonds. The summed E-state index contributed by atoms with van der Waals surface area (Å²) in [6.07, 6.45) is 3.65. The number of hydrogen-bond donors (Lipinski definition) is 1. The van der Waals surface area contributed by atoms with Crippen LogP contribution < -0.4 is 5.32 Å². The molecule has 0 atom stereocenters. The van der Waals surface area contributed by atoms with Crippen molar-refractivity contribution in [2.45, 2.75) is 38.6 Å². The molecule has 0 spiro atoms. The Kier molecular flexibility index (Phi) is 2.40. The number of nitrogens with zero attached hydrogens (tertiary/aromatic N) is 1. The minimum absolute atomic E-state index is 0.493. The highest BCUT2D eigenvalue weighted by Crippen LogP contribution is 2.26. The van der Waals surface area contributed by atoms with Crippen LogP contribution in [0.25, 0.3) is 0 Å². The number of nitriles is 1. The van der Waals surface area contributed by atoms with Crippen LogP contribution in [0.1, 0.15) is 31.4 Å². The minimum atomic E-state index is -0.493. The van der Waals surface area contributed by atoms with Crippen molar-refractivity contribution in [2.75, 3.05) is 5.32 Å². The summed E-state index contributed by atoms with van der Waals surface area (Å²) in [4.78, 5) is 0. The van der Waals surface area contributed by atoms with Gasteiger partial charge in [-0.3, -0.25) is 0 Å². The summed E-state index contributed by atoms with van der Waals surface area (Å²) in [5, 5.41) is 12.2. The van der Waals surface area contributed by atoms with E-state index in [1.54, 1.807) is 0 Å². The van der Waals surface area contributed by atoms with Crippen molar-refractivity contribution in [3.05, 3.63) is 29.3 Å². The normalized spacial score (nSPS) is 14.5. The van der Waals surface area contributed by atoms with Gasteiger partial charge in [0.15, 0.2) is 0 Å². The molecule has 1 aromatic rings. The summed E-state index contributed by atoms with van der Waals surface area (Å²) >= 11 is 0. The summed E-state index contributed by atoms with van der Waals surface area (Å²) < 4.78 is 0. The Hall–Kier alpha value is -1.49. The first-order valence-corrected chi connectivity index (χ1v) is 5.42. The molecule has 0 radical (unpaired) electrons. The monoisotopic (exact) mass is 200 g/mol. The van der Waals surface area contributed by atoms with Crippen molar-refractivity contribution >= 4 is 5.69 Å². The van der Waals surface area contributed by atoms with Gasteiger partial charge in [-0.1, -0.05) is 6.07 Å². The third-order valence-corrected chi connectivity index (χ3v) is 2.83. The van der Waals surface area contributed by atoms with E-state index in [4.69, 9.17) is 5.26 Å². The number of hydrogen-bond acceptors (Lipinski definition) is 2. The van der Waals surface area contributed by atoms with E-state index in [2.05, 4.69) is 29.6 Å². The Balaban J connectivity index is 2.21. The molecule has 1 aromatic carbocycles. The number of nitrogens with one attached hydrogen (secondary N) is 1. The first-order chi connectivity index (χ1) is 7.11. The molecule has 2 heteroatoms. The maximum absolute atomic E-state index is 8.94. The molecule has 0 aliphatic heterocycles. The lowest BCUT2D eigenvalue weighted by atomic mass is 10.1. The SMILES string of the molecule is CC(C)(C#N)Nc1ccc2c(c1)CCC2. The zero-order chi connectivity index (χ0) is 10.9. The highest BCUT2D eigenvalue weighted by molar-refractivity contribution is 5.52. The molecule has 0 saturated carbocycles. The molecular weight excluding hydrogens is 184 g/mol. The van der Waals surface area contributed by atoms with Crippen LogP contribution in [0, 0.1) is 11.3 Å². The van der Waals surface area contributed by atoms with Crippen molar-refractivity contribution in [1.29, 1.82) is 5.26 Å². The van der Waals surface area contributed by atoms with Crippen LogP contribution in [0.2, 0.25) is 0 Å². The molecule has 1 aliphatic carbocycles. The Labute approximate surface area is 90.9 Å². The second-order valence-corrected chi connectivity index (χ2v) is 4.70. The van der Waals surface area contributed by atoms with Gasteiger partial charge in [-0.25, -0.2) is 0 Å². The fourth-order valence-electron chi connectivity index (χ4n) is 2.04. The summed E-state index contributed by atoms with van der Waals surface area (Å²) in [5.74, 6) is 0. The predicted molar refractivity (Wildman–Crippen MR) is 61.8 cm³/mol. The topological polar surface area (TPSA) is 35.8 Å². The average Bonchev–Trinajstić information content (AvgIpc) is 2.64. The summed E-state index contributed by atoms with van der Waals surface area (Å²) in [6, 6.07) is 8.68. The molecule has 2 rings (SSSR count). The van der Waals surface area contributed by atoms with Gasteiger partial charge in [-0.05, 0) is 56.4 Å². The Morgan fingerprint density at radius 3 is 2.73 bits per heavy atom. The van der Waals surface area contributed by atoms with Gasteiger partial charge in [0.05, 0.1) is 6.07 Å². The minimum Gasteiger partial charge on any atom is -0.368 e. The molecule has 78 valence electrons. The summed E-state index contributed by atoms with van der Waals surface area (Å²) in [5.41, 5.74) is 3.47. The van der Waals surface area contributed by atoms with Gasteiger partial charge < -0.3 is 5.32 Å². The van der Waals surface area contributed by atoms with E-state index in [0.29, 0.717) is 0 Å². The van der Waals surface area contributed by atoms with E-state index >= 15 is 0 Å². The lowest BCUT2D eigenvalue weighted by Crippen LogP contribution is -2.28. The third kappa shape index (κ3) is 2.12. The van der Waals surface area contributed by atoms with Gasteiger partial charge in [-0.2, -0.15) is 5.26 Å². The zero-order valence-corrected chi connectivity index (χ0v) is 9.30. The van der Waals surface area contributed by atoms with Gasteiger partial charge in [0.2, 0.25) is 0 Å². The first-order valence-electron chi connectivity index (χ1n) is 5.42. The van der Waals surface area contributed by atoms with Crippen LogP contribution >= 0.6 is 0 Å². The molecule has 0 bridgehead atoms. The number of anilines is 1. The molecule has 0 saturated heterocycles. The van der Waals surface area contributed by atoms with E-state index in [9.17, 15) is 0 Å². The highest BCUT2D eigenvalue weighted by Gasteiger charge is 2.17. The highest BCUT2D eigenvalue weighted by atomic mass is 15.0. The largest absolute Gasteiger partial charge is 0.368 e.